The summed E-state index contributed by atoms with van der Waals surface area (Å²) in [6, 6.07) is 2.03. The molecule has 41 heavy (non-hydrogen) atoms. The van der Waals surface area contributed by atoms with Crippen LogP contribution in [-0.2, 0) is 30.4 Å². The van der Waals surface area contributed by atoms with Gasteiger partial charge in [0.25, 0.3) is 0 Å². The van der Waals surface area contributed by atoms with Crippen LogP contribution in [0.1, 0.15) is 31.2 Å². The van der Waals surface area contributed by atoms with E-state index in [-0.39, 0.29) is 38.2 Å². The van der Waals surface area contributed by atoms with E-state index in [1.54, 1.807) is 6.20 Å². The van der Waals surface area contributed by atoms with Gasteiger partial charge in [0.2, 0.25) is 23.6 Å². The average Bonchev–Trinajstić information content (AvgIpc) is 3.33. The van der Waals surface area contributed by atoms with Crippen LogP contribution >= 0.6 is 0 Å². The van der Waals surface area contributed by atoms with E-state index in [2.05, 4.69) is 25.9 Å². The number of para-hydroxylation sites is 1. The summed E-state index contributed by atoms with van der Waals surface area (Å²) in [5, 5.41) is 26.4. The van der Waals surface area contributed by atoms with Crippen molar-refractivity contribution >= 4 is 46.5 Å². The lowest BCUT2D eigenvalue weighted by Crippen LogP contribution is -2.58. The van der Waals surface area contributed by atoms with E-state index in [1.165, 1.54) is 0 Å². The topological polar surface area (TPSA) is 294 Å². The molecule has 0 saturated carbocycles. The number of nitrogens with one attached hydrogen (secondary N) is 4. The summed E-state index contributed by atoms with van der Waals surface area (Å²) < 4.78 is 0. The first-order valence-corrected chi connectivity index (χ1v) is 12.8. The average molecular weight is 576 g/mol. The van der Waals surface area contributed by atoms with Crippen LogP contribution in [0.5, 0.6) is 0 Å². The second-order valence-electron chi connectivity index (χ2n) is 9.33. The number of H-pyrrole nitrogens is 1. The summed E-state index contributed by atoms with van der Waals surface area (Å²) in [5.41, 5.74) is 23.3. The number of hydrogen-bond donors (Lipinski definition) is 10. The molecule has 1 aromatic heterocycles. The van der Waals surface area contributed by atoms with Crippen molar-refractivity contribution in [3.8, 4) is 0 Å². The fraction of sp³-hybridized carbons (Fsp3) is 0.440. The Kier molecular flexibility index (Phi) is 12.5. The molecular formula is C25H37N9O7. The first kappa shape index (κ1) is 32.5. The summed E-state index contributed by atoms with van der Waals surface area (Å²) in [4.78, 5) is 68.8. The van der Waals surface area contributed by atoms with E-state index < -0.39 is 60.4 Å². The number of rotatable bonds is 17. The van der Waals surface area contributed by atoms with Crippen LogP contribution in [0.4, 0.5) is 0 Å². The van der Waals surface area contributed by atoms with Crippen molar-refractivity contribution < 1.29 is 34.2 Å². The number of aromatic nitrogens is 1. The highest BCUT2D eigenvalue weighted by atomic mass is 16.4. The van der Waals surface area contributed by atoms with E-state index in [4.69, 9.17) is 28.0 Å². The molecule has 14 N–H and O–H groups in total. The van der Waals surface area contributed by atoms with Crippen LogP contribution in [0.15, 0.2) is 35.5 Å². The Morgan fingerprint density at radius 1 is 0.902 bits per heavy atom. The highest BCUT2D eigenvalue weighted by Gasteiger charge is 2.31. The minimum Gasteiger partial charge on any atom is -0.480 e. The smallest absolute Gasteiger partial charge is 0.328 e. The fourth-order valence-corrected chi connectivity index (χ4v) is 3.94. The highest BCUT2D eigenvalue weighted by molar-refractivity contribution is 5.95. The Balaban J connectivity index is 2.27. The number of aliphatic carboxylic acids is 1. The van der Waals surface area contributed by atoms with Crippen molar-refractivity contribution in [1.29, 1.82) is 0 Å². The number of aliphatic imine (C=N–C) groups is 1. The molecule has 0 saturated heterocycles. The van der Waals surface area contributed by atoms with Crippen LogP contribution < -0.4 is 38.9 Å². The molecule has 16 heteroatoms. The van der Waals surface area contributed by atoms with Gasteiger partial charge in [0.15, 0.2) is 5.96 Å². The first-order valence-electron chi connectivity index (χ1n) is 12.8. The third-order valence-electron chi connectivity index (χ3n) is 6.15. The molecule has 0 aliphatic carbocycles. The fourth-order valence-electron chi connectivity index (χ4n) is 3.94. The van der Waals surface area contributed by atoms with Crippen LogP contribution in [0.25, 0.3) is 10.9 Å². The predicted molar refractivity (Wildman–Crippen MR) is 149 cm³/mol. The van der Waals surface area contributed by atoms with Gasteiger partial charge in [0.1, 0.15) is 18.1 Å². The Morgan fingerprint density at radius 2 is 1.54 bits per heavy atom. The molecule has 0 fully saturated rings. The van der Waals surface area contributed by atoms with Crippen LogP contribution in [0.2, 0.25) is 0 Å². The number of carboxylic acids is 1. The Bertz CT molecular complexity index is 1260. The molecule has 2 aromatic rings. The summed E-state index contributed by atoms with van der Waals surface area (Å²) in [7, 11) is 0. The van der Waals surface area contributed by atoms with Crippen molar-refractivity contribution in [2.75, 3.05) is 13.2 Å². The Labute approximate surface area is 235 Å². The maximum absolute atomic E-state index is 13.5. The molecule has 224 valence electrons. The number of aliphatic hydroxyl groups is 1. The van der Waals surface area contributed by atoms with Gasteiger partial charge in [-0.05, 0) is 30.9 Å². The third kappa shape index (κ3) is 10.4. The lowest BCUT2D eigenvalue weighted by Gasteiger charge is -2.25. The number of guanidine groups is 1. The minimum atomic E-state index is -1.64. The number of nitrogens with two attached hydrogens (primary N) is 4. The lowest BCUT2D eigenvalue weighted by molar-refractivity contribution is -0.143. The lowest BCUT2D eigenvalue weighted by atomic mass is 10.0. The first-order chi connectivity index (χ1) is 19.4. The molecule has 4 unspecified atom stereocenters. The number of primary amides is 1. The summed E-state index contributed by atoms with van der Waals surface area (Å²) >= 11 is 0. The molecule has 2 rings (SSSR count). The van der Waals surface area contributed by atoms with Gasteiger partial charge < -0.3 is 54.1 Å². The second-order valence-corrected chi connectivity index (χ2v) is 9.33. The van der Waals surface area contributed by atoms with E-state index in [1.807, 2.05) is 24.3 Å². The number of nitrogens with zero attached hydrogens (tertiary/aromatic N) is 1. The molecular weight excluding hydrogens is 538 g/mol. The zero-order valence-corrected chi connectivity index (χ0v) is 22.3. The molecule has 16 nitrogen and oxygen atoms in total. The monoisotopic (exact) mass is 575 g/mol. The molecule has 4 amide bonds. The largest absolute Gasteiger partial charge is 0.480 e. The Hall–Kier alpha value is -4.70. The predicted octanol–water partition coefficient (Wildman–Crippen LogP) is -3.11. The Morgan fingerprint density at radius 3 is 2.17 bits per heavy atom. The van der Waals surface area contributed by atoms with Gasteiger partial charge in [0, 0.05) is 36.5 Å². The number of carbonyl (C=O) groups is 5. The number of aromatic amines is 1. The third-order valence-corrected chi connectivity index (χ3v) is 6.15. The number of aliphatic hydroxyl groups excluding tert-OH is 1. The molecule has 1 aromatic carbocycles. The van der Waals surface area contributed by atoms with Crippen molar-refractivity contribution in [2.45, 2.75) is 56.3 Å². The van der Waals surface area contributed by atoms with Gasteiger partial charge in [0.05, 0.1) is 12.6 Å². The summed E-state index contributed by atoms with van der Waals surface area (Å²) in [6.45, 7) is -0.651. The van der Waals surface area contributed by atoms with E-state index in [0.29, 0.717) is 12.0 Å². The number of benzene rings is 1. The summed E-state index contributed by atoms with van der Waals surface area (Å²) in [6.07, 6.45) is 1.73. The molecule has 1 heterocycles. The van der Waals surface area contributed by atoms with Crippen molar-refractivity contribution in [2.24, 2.45) is 27.9 Å². The number of carbonyl (C=O) groups excluding carboxylic acids is 4. The van der Waals surface area contributed by atoms with Crippen LogP contribution in [0.3, 0.4) is 0 Å². The van der Waals surface area contributed by atoms with Gasteiger partial charge in [-0.15, -0.1) is 0 Å². The van der Waals surface area contributed by atoms with Crippen LogP contribution in [-0.4, -0.2) is 88.1 Å². The quantitative estimate of drug-likeness (QED) is 0.0514. The maximum atomic E-state index is 13.5. The van der Waals surface area contributed by atoms with E-state index >= 15 is 0 Å². The highest BCUT2D eigenvalue weighted by Crippen LogP contribution is 2.19. The molecule has 0 bridgehead atoms. The van der Waals surface area contributed by atoms with Gasteiger partial charge in [-0.25, -0.2) is 4.79 Å². The van der Waals surface area contributed by atoms with Gasteiger partial charge in [-0.2, -0.15) is 0 Å². The minimum absolute atomic E-state index is 0.000850. The van der Waals surface area contributed by atoms with E-state index in [0.717, 1.165) is 10.9 Å². The number of hydrogen-bond acceptors (Lipinski definition) is 8. The number of fused-ring (bicyclic) bond motifs is 1. The zero-order valence-electron chi connectivity index (χ0n) is 22.3. The molecule has 0 radical (unpaired) electrons. The molecule has 4 atom stereocenters. The standard InChI is InChI=1S/C25H37N9O7/c26-15(5-3-9-30-25(28)29)21(37)33-18(10-13-11-31-16-6-2-1-4-14(13)16)23(39)32-17(7-8-20(27)36)22(38)34-19(12-35)24(40)41/h1-2,4,6,11,15,17-19,31,35H,3,5,7-10,12,26H2,(H2,27,36)(H,32,39)(H,33,37)(H,34,38)(H,40,41)(H4,28,29,30). The van der Waals surface area contributed by atoms with Crippen LogP contribution in [0, 0.1) is 0 Å². The van der Waals surface area contributed by atoms with Crippen molar-refractivity contribution in [3.63, 3.8) is 0 Å². The van der Waals surface area contributed by atoms with Gasteiger partial charge in [-0.3, -0.25) is 24.2 Å². The molecule has 0 aliphatic rings. The zero-order chi connectivity index (χ0) is 30.5. The van der Waals surface area contributed by atoms with Gasteiger partial charge >= 0.3 is 5.97 Å². The maximum Gasteiger partial charge on any atom is 0.328 e. The summed E-state index contributed by atoms with van der Waals surface area (Å²) in [5.74, 6) is -4.75. The molecule has 0 spiro atoms. The van der Waals surface area contributed by atoms with Crippen molar-refractivity contribution in [1.82, 2.24) is 20.9 Å². The van der Waals surface area contributed by atoms with E-state index in [9.17, 15) is 29.1 Å². The van der Waals surface area contributed by atoms with Crippen molar-refractivity contribution in [3.05, 3.63) is 36.0 Å². The normalized spacial score (nSPS) is 13.8. The molecule has 0 aliphatic heterocycles. The second kappa shape index (κ2) is 15.8. The SMILES string of the molecule is NC(=O)CCC(NC(=O)C(Cc1c[nH]c2ccccc12)NC(=O)C(N)CCCN=C(N)N)C(=O)NC(CO)C(=O)O. The number of amides is 4. The van der Waals surface area contributed by atoms with Gasteiger partial charge in [-0.1, -0.05) is 18.2 Å². The number of carboxylic acid groups (broad SMARTS) is 1.